The second-order valence-electron chi connectivity index (χ2n) is 5.42. The number of rotatable bonds is 7. The Morgan fingerprint density at radius 2 is 1.78 bits per heavy atom. The van der Waals surface area contributed by atoms with E-state index in [1.165, 1.54) is 12.8 Å². The molecule has 0 aliphatic rings. The van der Waals surface area contributed by atoms with Gasteiger partial charge in [0.2, 0.25) is 0 Å². The Morgan fingerprint density at radius 1 is 1.11 bits per heavy atom. The van der Waals surface area contributed by atoms with Gasteiger partial charge in [0.05, 0.1) is 0 Å². The van der Waals surface area contributed by atoms with Gasteiger partial charge in [0.15, 0.2) is 0 Å². The van der Waals surface area contributed by atoms with Gasteiger partial charge in [-0.3, -0.25) is 4.79 Å². The van der Waals surface area contributed by atoms with Crippen molar-refractivity contribution in [1.82, 2.24) is 0 Å². The molecule has 1 rings (SSSR count). The van der Waals surface area contributed by atoms with Crippen LogP contribution in [-0.4, -0.2) is 5.97 Å². The zero-order valence-corrected chi connectivity index (χ0v) is 11.7. The second-order valence-corrected chi connectivity index (χ2v) is 5.42. The van der Waals surface area contributed by atoms with Crippen LogP contribution in [0.2, 0.25) is 0 Å². The zero-order chi connectivity index (χ0) is 13.4. The highest BCUT2D eigenvalue weighted by atomic mass is 16.5. The van der Waals surface area contributed by atoms with E-state index in [9.17, 15) is 4.79 Å². The van der Waals surface area contributed by atoms with Crippen molar-refractivity contribution in [3.05, 3.63) is 30.3 Å². The highest BCUT2D eigenvalue weighted by Crippen LogP contribution is 2.17. The van der Waals surface area contributed by atoms with Crippen LogP contribution < -0.4 is 4.74 Å². The Morgan fingerprint density at radius 3 is 2.39 bits per heavy atom. The van der Waals surface area contributed by atoms with Crippen molar-refractivity contribution < 1.29 is 9.53 Å². The van der Waals surface area contributed by atoms with Crippen molar-refractivity contribution in [3.63, 3.8) is 0 Å². The SMILES string of the molecule is CC(C)CCCC(C)CC(=O)Oc1ccccc1. The van der Waals surface area contributed by atoms with E-state index in [1.807, 2.05) is 18.2 Å². The average Bonchev–Trinajstić information content (AvgIpc) is 2.29. The van der Waals surface area contributed by atoms with Crippen molar-refractivity contribution in [1.29, 1.82) is 0 Å². The van der Waals surface area contributed by atoms with Gasteiger partial charge in [-0.15, -0.1) is 0 Å². The summed E-state index contributed by atoms with van der Waals surface area (Å²) in [5.41, 5.74) is 0. The third-order valence-corrected chi connectivity index (χ3v) is 2.97. The van der Waals surface area contributed by atoms with Gasteiger partial charge in [0.25, 0.3) is 0 Å². The molecule has 0 heterocycles. The van der Waals surface area contributed by atoms with Crippen LogP contribution in [0.15, 0.2) is 30.3 Å². The lowest BCUT2D eigenvalue weighted by atomic mass is 9.97. The van der Waals surface area contributed by atoms with Crippen LogP contribution in [0.4, 0.5) is 0 Å². The number of carbonyl (C=O) groups excluding carboxylic acids is 1. The minimum Gasteiger partial charge on any atom is -0.427 e. The summed E-state index contributed by atoms with van der Waals surface area (Å²) >= 11 is 0. The summed E-state index contributed by atoms with van der Waals surface area (Å²) in [5.74, 6) is 1.66. The normalized spacial score (nSPS) is 12.4. The Labute approximate surface area is 110 Å². The molecule has 0 saturated heterocycles. The number of para-hydroxylation sites is 1. The molecule has 0 aliphatic heterocycles. The lowest BCUT2D eigenvalue weighted by molar-refractivity contribution is -0.135. The number of benzene rings is 1. The van der Waals surface area contributed by atoms with Gasteiger partial charge in [-0.2, -0.15) is 0 Å². The molecule has 0 aromatic heterocycles. The first-order valence-electron chi connectivity index (χ1n) is 6.83. The third-order valence-electron chi connectivity index (χ3n) is 2.97. The monoisotopic (exact) mass is 248 g/mol. The molecule has 0 fully saturated rings. The van der Waals surface area contributed by atoms with Crippen LogP contribution in [0.1, 0.15) is 46.5 Å². The van der Waals surface area contributed by atoms with Crippen molar-refractivity contribution >= 4 is 5.97 Å². The van der Waals surface area contributed by atoms with Crippen molar-refractivity contribution in [3.8, 4) is 5.75 Å². The van der Waals surface area contributed by atoms with E-state index in [4.69, 9.17) is 4.74 Å². The highest BCUT2D eigenvalue weighted by molar-refractivity contribution is 5.72. The summed E-state index contributed by atoms with van der Waals surface area (Å²) in [4.78, 5) is 11.7. The van der Waals surface area contributed by atoms with Crippen molar-refractivity contribution in [2.75, 3.05) is 0 Å². The van der Waals surface area contributed by atoms with Crippen molar-refractivity contribution in [2.45, 2.75) is 46.5 Å². The lowest BCUT2D eigenvalue weighted by Crippen LogP contribution is -2.12. The lowest BCUT2D eigenvalue weighted by Gasteiger charge is -2.11. The molecular weight excluding hydrogens is 224 g/mol. The van der Waals surface area contributed by atoms with E-state index in [-0.39, 0.29) is 5.97 Å². The first-order chi connectivity index (χ1) is 8.58. The standard InChI is InChI=1S/C16H24O2/c1-13(2)8-7-9-14(3)12-16(17)18-15-10-5-4-6-11-15/h4-6,10-11,13-14H,7-9,12H2,1-3H3. The molecule has 0 aliphatic carbocycles. The summed E-state index contributed by atoms with van der Waals surface area (Å²) in [5, 5.41) is 0. The fourth-order valence-corrected chi connectivity index (χ4v) is 1.92. The van der Waals surface area contributed by atoms with Crippen LogP contribution in [0.5, 0.6) is 5.75 Å². The molecule has 1 atom stereocenters. The van der Waals surface area contributed by atoms with Gasteiger partial charge in [-0.25, -0.2) is 0 Å². The summed E-state index contributed by atoms with van der Waals surface area (Å²) in [7, 11) is 0. The minimum atomic E-state index is -0.127. The highest BCUT2D eigenvalue weighted by Gasteiger charge is 2.11. The van der Waals surface area contributed by atoms with Gasteiger partial charge in [0.1, 0.15) is 5.75 Å². The van der Waals surface area contributed by atoms with Crippen molar-refractivity contribution in [2.24, 2.45) is 11.8 Å². The van der Waals surface area contributed by atoms with Gasteiger partial charge >= 0.3 is 5.97 Å². The molecular formula is C16H24O2. The fraction of sp³-hybridized carbons (Fsp3) is 0.562. The number of ether oxygens (including phenoxy) is 1. The van der Waals surface area contributed by atoms with Crippen LogP contribution in [0.25, 0.3) is 0 Å². The Kier molecular flexibility index (Phi) is 6.48. The first-order valence-corrected chi connectivity index (χ1v) is 6.83. The van der Waals surface area contributed by atoms with Crippen LogP contribution in [0, 0.1) is 11.8 Å². The summed E-state index contributed by atoms with van der Waals surface area (Å²) in [6.45, 7) is 6.58. The zero-order valence-electron chi connectivity index (χ0n) is 11.7. The molecule has 1 aromatic carbocycles. The predicted molar refractivity (Wildman–Crippen MR) is 74.5 cm³/mol. The van der Waals surface area contributed by atoms with E-state index in [1.54, 1.807) is 12.1 Å². The van der Waals surface area contributed by atoms with Gasteiger partial charge in [-0.1, -0.05) is 58.2 Å². The van der Waals surface area contributed by atoms with E-state index < -0.39 is 0 Å². The molecule has 0 N–H and O–H groups in total. The molecule has 0 amide bonds. The number of hydrogen-bond acceptors (Lipinski definition) is 2. The molecule has 0 spiro atoms. The molecule has 1 aromatic rings. The van der Waals surface area contributed by atoms with Crippen LogP contribution in [0.3, 0.4) is 0 Å². The molecule has 0 radical (unpaired) electrons. The number of esters is 1. The summed E-state index contributed by atoms with van der Waals surface area (Å²) < 4.78 is 5.27. The molecule has 0 saturated carbocycles. The molecule has 0 bridgehead atoms. The number of carbonyl (C=O) groups is 1. The summed E-state index contributed by atoms with van der Waals surface area (Å²) in [6, 6.07) is 9.26. The second kappa shape index (κ2) is 7.91. The Hall–Kier alpha value is -1.31. The van der Waals surface area contributed by atoms with E-state index >= 15 is 0 Å². The minimum absolute atomic E-state index is 0.127. The third kappa shape index (κ3) is 6.43. The largest absolute Gasteiger partial charge is 0.427 e. The molecule has 1 unspecified atom stereocenters. The smallest absolute Gasteiger partial charge is 0.311 e. The van der Waals surface area contributed by atoms with Gasteiger partial charge < -0.3 is 4.74 Å². The maximum atomic E-state index is 11.7. The maximum absolute atomic E-state index is 11.7. The van der Waals surface area contributed by atoms with Crippen LogP contribution >= 0.6 is 0 Å². The van der Waals surface area contributed by atoms with E-state index in [2.05, 4.69) is 20.8 Å². The Bertz CT molecular complexity index is 343. The average molecular weight is 248 g/mol. The van der Waals surface area contributed by atoms with Gasteiger partial charge in [-0.05, 0) is 24.0 Å². The van der Waals surface area contributed by atoms with E-state index in [0.29, 0.717) is 18.1 Å². The first kappa shape index (κ1) is 14.7. The number of hydrogen-bond donors (Lipinski definition) is 0. The van der Waals surface area contributed by atoms with Gasteiger partial charge in [0, 0.05) is 6.42 Å². The van der Waals surface area contributed by atoms with Crippen LogP contribution in [-0.2, 0) is 4.79 Å². The Balaban J connectivity index is 2.23. The summed E-state index contributed by atoms with van der Waals surface area (Å²) in [6.07, 6.45) is 4.03. The van der Waals surface area contributed by atoms with E-state index in [0.717, 1.165) is 12.3 Å². The molecule has 18 heavy (non-hydrogen) atoms. The maximum Gasteiger partial charge on any atom is 0.311 e. The predicted octanol–water partition coefficient (Wildman–Crippen LogP) is 4.44. The fourth-order valence-electron chi connectivity index (χ4n) is 1.92. The topological polar surface area (TPSA) is 26.3 Å². The molecule has 2 nitrogen and oxygen atoms in total. The molecule has 2 heteroatoms. The quantitative estimate of drug-likeness (QED) is 0.526. The molecule has 100 valence electrons.